The maximum absolute atomic E-state index is 8.98. The summed E-state index contributed by atoms with van der Waals surface area (Å²) < 4.78 is 0. The van der Waals surface area contributed by atoms with E-state index in [-0.39, 0.29) is 12.1 Å². The minimum Gasteiger partial charge on any atom is -0.394 e. The Morgan fingerprint density at radius 2 is 2.31 bits per heavy atom. The Morgan fingerprint density at radius 1 is 1.54 bits per heavy atom. The molecule has 0 radical (unpaired) electrons. The number of aliphatic hydroxyl groups excluding tert-OH is 1. The van der Waals surface area contributed by atoms with Crippen molar-refractivity contribution in [2.75, 3.05) is 13.2 Å². The number of aromatic nitrogens is 1. The standard InChI is InChI=1S/C10H18N2O/c1-10(2,8-13)12-7-5-9-4-3-6-11-9/h3-4,6,11-13H,5,7-8H2,1-2H3. The van der Waals surface area contributed by atoms with Gasteiger partial charge in [-0.1, -0.05) is 0 Å². The second kappa shape index (κ2) is 4.44. The van der Waals surface area contributed by atoms with Crippen LogP contribution in [0, 0.1) is 0 Å². The van der Waals surface area contributed by atoms with Gasteiger partial charge < -0.3 is 15.4 Å². The quantitative estimate of drug-likeness (QED) is 0.634. The van der Waals surface area contributed by atoms with Crippen LogP contribution in [-0.2, 0) is 6.42 Å². The van der Waals surface area contributed by atoms with Gasteiger partial charge in [0.15, 0.2) is 0 Å². The minimum atomic E-state index is -0.174. The van der Waals surface area contributed by atoms with Crippen molar-refractivity contribution in [3.63, 3.8) is 0 Å². The lowest BCUT2D eigenvalue weighted by Gasteiger charge is -2.23. The molecule has 3 heteroatoms. The van der Waals surface area contributed by atoms with Crippen LogP contribution < -0.4 is 5.32 Å². The highest BCUT2D eigenvalue weighted by atomic mass is 16.3. The number of aliphatic hydroxyl groups is 1. The summed E-state index contributed by atoms with van der Waals surface area (Å²) in [6.45, 7) is 5.02. The van der Waals surface area contributed by atoms with E-state index < -0.39 is 0 Å². The fourth-order valence-electron chi connectivity index (χ4n) is 1.11. The van der Waals surface area contributed by atoms with Gasteiger partial charge in [-0.3, -0.25) is 0 Å². The molecule has 0 amide bonds. The van der Waals surface area contributed by atoms with Crippen molar-refractivity contribution < 1.29 is 5.11 Å². The van der Waals surface area contributed by atoms with Gasteiger partial charge in [0.05, 0.1) is 6.61 Å². The van der Waals surface area contributed by atoms with Gasteiger partial charge >= 0.3 is 0 Å². The Morgan fingerprint density at radius 3 is 2.85 bits per heavy atom. The average molecular weight is 182 g/mol. The first-order valence-corrected chi connectivity index (χ1v) is 4.62. The highest BCUT2D eigenvalue weighted by Crippen LogP contribution is 2.00. The third-order valence-corrected chi connectivity index (χ3v) is 2.06. The van der Waals surface area contributed by atoms with Crippen LogP contribution in [0.25, 0.3) is 0 Å². The Hall–Kier alpha value is -0.800. The smallest absolute Gasteiger partial charge is 0.0607 e. The molecule has 0 aliphatic rings. The van der Waals surface area contributed by atoms with E-state index in [0.29, 0.717) is 0 Å². The molecule has 0 atom stereocenters. The molecule has 3 nitrogen and oxygen atoms in total. The fraction of sp³-hybridized carbons (Fsp3) is 0.600. The van der Waals surface area contributed by atoms with E-state index in [9.17, 15) is 0 Å². The molecular formula is C10H18N2O. The number of rotatable bonds is 5. The third-order valence-electron chi connectivity index (χ3n) is 2.06. The van der Waals surface area contributed by atoms with E-state index in [1.54, 1.807) is 0 Å². The van der Waals surface area contributed by atoms with Crippen molar-refractivity contribution in [3.05, 3.63) is 24.0 Å². The highest BCUT2D eigenvalue weighted by molar-refractivity contribution is 5.03. The minimum absolute atomic E-state index is 0.164. The van der Waals surface area contributed by atoms with Gasteiger partial charge in [0, 0.05) is 24.0 Å². The van der Waals surface area contributed by atoms with Crippen LogP contribution in [0.5, 0.6) is 0 Å². The molecule has 0 spiro atoms. The number of nitrogens with one attached hydrogen (secondary N) is 2. The Kier molecular flexibility index (Phi) is 3.51. The van der Waals surface area contributed by atoms with Crippen LogP contribution in [0.15, 0.2) is 18.3 Å². The van der Waals surface area contributed by atoms with Gasteiger partial charge in [0.1, 0.15) is 0 Å². The summed E-state index contributed by atoms with van der Waals surface area (Å²) in [6, 6.07) is 4.06. The lowest BCUT2D eigenvalue weighted by Crippen LogP contribution is -2.43. The molecule has 1 aromatic heterocycles. The first kappa shape index (κ1) is 10.3. The van der Waals surface area contributed by atoms with Crippen molar-refractivity contribution in [1.82, 2.24) is 10.3 Å². The SMILES string of the molecule is CC(C)(CO)NCCc1ccc[nH]1. The molecule has 0 fully saturated rings. The Balaban J connectivity index is 2.21. The maximum Gasteiger partial charge on any atom is 0.0607 e. The third kappa shape index (κ3) is 3.61. The molecule has 0 saturated carbocycles. The van der Waals surface area contributed by atoms with Crippen LogP contribution in [0.1, 0.15) is 19.5 Å². The van der Waals surface area contributed by atoms with E-state index in [2.05, 4.69) is 16.4 Å². The molecule has 3 N–H and O–H groups in total. The summed E-state index contributed by atoms with van der Waals surface area (Å²) in [5.41, 5.74) is 1.05. The molecule has 0 aliphatic carbocycles. The summed E-state index contributed by atoms with van der Waals surface area (Å²) in [5, 5.41) is 12.3. The van der Waals surface area contributed by atoms with Gasteiger partial charge in [0.2, 0.25) is 0 Å². The van der Waals surface area contributed by atoms with Gasteiger partial charge in [-0.05, 0) is 32.4 Å². The van der Waals surface area contributed by atoms with Gasteiger partial charge in [-0.2, -0.15) is 0 Å². The molecule has 13 heavy (non-hydrogen) atoms. The predicted molar refractivity (Wildman–Crippen MR) is 53.7 cm³/mol. The van der Waals surface area contributed by atoms with Crippen LogP contribution in [0.4, 0.5) is 0 Å². The van der Waals surface area contributed by atoms with Crippen LogP contribution >= 0.6 is 0 Å². The van der Waals surface area contributed by atoms with Gasteiger partial charge in [0.25, 0.3) is 0 Å². The second-order valence-electron chi connectivity index (χ2n) is 3.91. The molecule has 0 unspecified atom stereocenters. The molecule has 0 aliphatic heterocycles. The van der Waals surface area contributed by atoms with E-state index in [4.69, 9.17) is 5.11 Å². The highest BCUT2D eigenvalue weighted by Gasteiger charge is 2.14. The van der Waals surface area contributed by atoms with Crippen molar-refractivity contribution in [2.24, 2.45) is 0 Å². The number of hydrogen-bond acceptors (Lipinski definition) is 2. The first-order valence-electron chi connectivity index (χ1n) is 4.62. The molecule has 1 rings (SSSR count). The summed E-state index contributed by atoms with van der Waals surface area (Å²) >= 11 is 0. The van der Waals surface area contributed by atoms with Crippen molar-refractivity contribution >= 4 is 0 Å². The predicted octanol–water partition coefficient (Wildman–Crippen LogP) is 0.918. The molecule has 0 aromatic carbocycles. The zero-order valence-electron chi connectivity index (χ0n) is 8.30. The second-order valence-corrected chi connectivity index (χ2v) is 3.91. The van der Waals surface area contributed by atoms with Crippen LogP contribution in [0.2, 0.25) is 0 Å². The topological polar surface area (TPSA) is 48.0 Å². The molecule has 1 aromatic rings. The Labute approximate surface area is 79.2 Å². The lowest BCUT2D eigenvalue weighted by molar-refractivity contribution is 0.189. The largest absolute Gasteiger partial charge is 0.394 e. The van der Waals surface area contributed by atoms with Gasteiger partial charge in [-0.25, -0.2) is 0 Å². The molecule has 0 bridgehead atoms. The molecule has 0 saturated heterocycles. The summed E-state index contributed by atoms with van der Waals surface area (Å²) in [6.07, 6.45) is 2.89. The Bertz CT molecular complexity index is 229. The fourth-order valence-corrected chi connectivity index (χ4v) is 1.11. The van der Waals surface area contributed by atoms with Crippen LogP contribution in [0.3, 0.4) is 0 Å². The molecule has 1 heterocycles. The maximum atomic E-state index is 8.98. The van der Waals surface area contributed by atoms with E-state index in [0.717, 1.165) is 13.0 Å². The lowest BCUT2D eigenvalue weighted by atomic mass is 10.1. The van der Waals surface area contributed by atoms with E-state index >= 15 is 0 Å². The van der Waals surface area contributed by atoms with Crippen LogP contribution in [-0.4, -0.2) is 28.8 Å². The van der Waals surface area contributed by atoms with Crippen molar-refractivity contribution in [1.29, 1.82) is 0 Å². The molecule has 74 valence electrons. The number of aromatic amines is 1. The zero-order chi connectivity index (χ0) is 9.73. The van der Waals surface area contributed by atoms with Crippen molar-refractivity contribution in [3.8, 4) is 0 Å². The van der Waals surface area contributed by atoms with Gasteiger partial charge in [-0.15, -0.1) is 0 Å². The monoisotopic (exact) mass is 182 g/mol. The normalized spacial score (nSPS) is 11.9. The average Bonchev–Trinajstić information content (AvgIpc) is 2.57. The van der Waals surface area contributed by atoms with Crippen molar-refractivity contribution in [2.45, 2.75) is 25.8 Å². The zero-order valence-corrected chi connectivity index (χ0v) is 8.30. The first-order chi connectivity index (χ1) is 6.14. The number of hydrogen-bond donors (Lipinski definition) is 3. The van der Waals surface area contributed by atoms with E-state index in [1.165, 1.54) is 5.69 Å². The number of H-pyrrole nitrogens is 1. The molecular weight excluding hydrogens is 164 g/mol. The summed E-state index contributed by atoms with van der Waals surface area (Å²) in [7, 11) is 0. The van der Waals surface area contributed by atoms with E-state index in [1.807, 2.05) is 26.1 Å². The summed E-state index contributed by atoms with van der Waals surface area (Å²) in [4.78, 5) is 3.14. The summed E-state index contributed by atoms with van der Waals surface area (Å²) in [5.74, 6) is 0.